The number of rotatable bonds is 3. The molecule has 3 nitrogen and oxygen atoms in total. The van der Waals surface area contributed by atoms with E-state index in [-0.39, 0.29) is 4.90 Å². The molecule has 0 aliphatic carbocycles. The van der Waals surface area contributed by atoms with Gasteiger partial charge >= 0.3 is 0 Å². The molecule has 0 radical (unpaired) electrons. The summed E-state index contributed by atoms with van der Waals surface area (Å²) in [5.41, 5.74) is 2.47. The van der Waals surface area contributed by atoms with Crippen molar-refractivity contribution in [3.8, 4) is 0 Å². The molecule has 0 aromatic heterocycles. The van der Waals surface area contributed by atoms with Crippen molar-refractivity contribution in [2.24, 2.45) is 0 Å². The van der Waals surface area contributed by atoms with Crippen LogP contribution in [0.3, 0.4) is 0 Å². The fourth-order valence-electron chi connectivity index (χ4n) is 1.91. The van der Waals surface area contributed by atoms with Crippen molar-refractivity contribution in [3.05, 3.63) is 102 Å². The lowest BCUT2D eigenvalue weighted by Gasteiger charge is -1.92. The van der Waals surface area contributed by atoms with Crippen LogP contribution in [0.5, 0.6) is 0 Å². The van der Waals surface area contributed by atoms with Gasteiger partial charge in [0.15, 0.2) is 0 Å². The topological polar surface area (TPSA) is 54.4 Å². The van der Waals surface area contributed by atoms with Gasteiger partial charge in [-0.3, -0.25) is 4.55 Å². The first-order valence-corrected chi connectivity index (χ1v) is 8.80. The summed E-state index contributed by atoms with van der Waals surface area (Å²) in [7, 11) is -4.00. The molecule has 0 bridgehead atoms. The van der Waals surface area contributed by atoms with Crippen molar-refractivity contribution >= 4 is 22.3 Å². The van der Waals surface area contributed by atoms with Crippen molar-refractivity contribution < 1.29 is 13.0 Å². The van der Waals surface area contributed by atoms with Gasteiger partial charge in [-0.1, -0.05) is 91.0 Å². The van der Waals surface area contributed by atoms with Gasteiger partial charge in [-0.25, -0.2) is 0 Å². The molecule has 122 valence electrons. The molecule has 0 fully saturated rings. The van der Waals surface area contributed by atoms with Crippen LogP contribution in [0.15, 0.2) is 95.9 Å². The van der Waals surface area contributed by atoms with Gasteiger partial charge in [0.25, 0.3) is 10.1 Å². The van der Waals surface area contributed by atoms with Gasteiger partial charge in [0.05, 0.1) is 4.90 Å². The van der Waals surface area contributed by atoms with E-state index >= 15 is 0 Å². The summed E-state index contributed by atoms with van der Waals surface area (Å²) in [6.45, 7) is 0. The Morgan fingerprint density at radius 3 is 1.21 bits per heavy atom. The third-order valence-corrected chi connectivity index (χ3v) is 3.98. The lowest BCUT2D eigenvalue weighted by atomic mass is 10.1. The van der Waals surface area contributed by atoms with Crippen LogP contribution in [-0.2, 0) is 10.1 Å². The summed E-state index contributed by atoms with van der Waals surface area (Å²) in [6, 6.07) is 28.0. The van der Waals surface area contributed by atoms with Crippen LogP contribution in [0.25, 0.3) is 12.2 Å². The minimum Gasteiger partial charge on any atom is -0.282 e. The molecule has 3 rings (SSSR count). The second kappa shape index (κ2) is 8.82. The van der Waals surface area contributed by atoms with Crippen molar-refractivity contribution in [1.82, 2.24) is 0 Å². The summed E-state index contributed by atoms with van der Waals surface area (Å²) < 4.78 is 29.2. The summed E-state index contributed by atoms with van der Waals surface area (Å²) in [4.78, 5) is -0.0741. The van der Waals surface area contributed by atoms with Crippen LogP contribution >= 0.6 is 0 Å². The fourth-order valence-corrected chi connectivity index (χ4v) is 2.41. The first-order valence-electron chi connectivity index (χ1n) is 7.36. The molecule has 3 aromatic carbocycles. The predicted octanol–water partition coefficient (Wildman–Crippen LogP) is 4.79. The lowest BCUT2D eigenvalue weighted by Crippen LogP contribution is -1.96. The fraction of sp³-hybridized carbons (Fsp3) is 0. The van der Waals surface area contributed by atoms with Gasteiger partial charge in [0, 0.05) is 0 Å². The average Bonchev–Trinajstić information content (AvgIpc) is 2.62. The van der Waals surface area contributed by atoms with E-state index in [1.54, 1.807) is 18.2 Å². The molecule has 0 atom stereocenters. The molecule has 0 aliphatic rings. The Hall–Kier alpha value is -2.69. The molecule has 4 heteroatoms. The molecular weight excluding hydrogens is 320 g/mol. The van der Waals surface area contributed by atoms with Gasteiger partial charge in [-0.05, 0) is 23.3 Å². The first-order chi connectivity index (χ1) is 11.6. The molecule has 0 amide bonds. The maximum atomic E-state index is 10.4. The monoisotopic (exact) mass is 338 g/mol. The Morgan fingerprint density at radius 2 is 0.917 bits per heavy atom. The van der Waals surface area contributed by atoms with Crippen molar-refractivity contribution in [3.63, 3.8) is 0 Å². The van der Waals surface area contributed by atoms with Crippen molar-refractivity contribution in [2.45, 2.75) is 4.90 Å². The Labute approximate surface area is 142 Å². The first kappa shape index (κ1) is 17.7. The molecule has 24 heavy (non-hydrogen) atoms. The van der Waals surface area contributed by atoms with E-state index in [1.807, 2.05) is 36.4 Å². The molecule has 0 spiro atoms. The highest BCUT2D eigenvalue weighted by atomic mass is 32.2. The summed E-state index contributed by atoms with van der Waals surface area (Å²) in [5, 5.41) is 0. The zero-order valence-electron chi connectivity index (χ0n) is 13.0. The largest absolute Gasteiger partial charge is 0.294 e. The van der Waals surface area contributed by atoms with E-state index in [1.165, 1.54) is 23.3 Å². The Kier molecular flexibility index (Phi) is 6.49. The van der Waals surface area contributed by atoms with Crippen molar-refractivity contribution in [2.75, 3.05) is 0 Å². The van der Waals surface area contributed by atoms with E-state index < -0.39 is 10.1 Å². The minimum absolute atomic E-state index is 0.0741. The third-order valence-electron chi connectivity index (χ3n) is 3.11. The number of hydrogen-bond donors (Lipinski definition) is 1. The lowest BCUT2D eigenvalue weighted by molar-refractivity contribution is 0.483. The summed E-state index contributed by atoms with van der Waals surface area (Å²) in [6.07, 6.45) is 4.24. The van der Waals surface area contributed by atoms with Gasteiger partial charge in [-0.15, -0.1) is 0 Å². The van der Waals surface area contributed by atoms with Crippen molar-refractivity contribution in [1.29, 1.82) is 0 Å². The molecule has 3 aromatic rings. The summed E-state index contributed by atoms with van der Waals surface area (Å²) >= 11 is 0. The number of benzene rings is 3. The van der Waals surface area contributed by atoms with Gasteiger partial charge in [0.2, 0.25) is 0 Å². The third kappa shape index (κ3) is 6.20. The highest BCUT2D eigenvalue weighted by Gasteiger charge is 2.05. The number of hydrogen-bond acceptors (Lipinski definition) is 2. The van der Waals surface area contributed by atoms with E-state index in [4.69, 9.17) is 4.55 Å². The van der Waals surface area contributed by atoms with Gasteiger partial charge in [-0.2, -0.15) is 8.42 Å². The van der Waals surface area contributed by atoms with Crippen LogP contribution in [0, 0.1) is 0 Å². The van der Waals surface area contributed by atoms with Crippen LogP contribution in [0.2, 0.25) is 0 Å². The van der Waals surface area contributed by atoms with Crippen LogP contribution in [0.1, 0.15) is 11.1 Å². The van der Waals surface area contributed by atoms with Crippen LogP contribution in [-0.4, -0.2) is 13.0 Å². The maximum Gasteiger partial charge on any atom is 0.294 e. The quantitative estimate of drug-likeness (QED) is 0.552. The van der Waals surface area contributed by atoms with E-state index in [9.17, 15) is 8.42 Å². The second-order valence-electron chi connectivity index (χ2n) is 4.94. The highest BCUT2D eigenvalue weighted by molar-refractivity contribution is 7.85. The molecule has 0 unspecified atom stereocenters. The van der Waals surface area contributed by atoms with E-state index in [2.05, 4.69) is 36.4 Å². The average molecular weight is 338 g/mol. The molecule has 0 aliphatic heterocycles. The van der Waals surface area contributed by atoms with Crippen LogP contribution in [0.4, 0.5) is 0 Å². The Morgan fingerprint density at radius 1 is 0.583 bits per heavy atom. The maximum absolute atomic E-state index is 10.4. The molecular formula is C20H18O3S. The highest BCUT2D eigenvalue weighted by Crippen LogP contribution is 2.07. The zero-order valence-corrected chi connectivity index (χ0v) is 13.8. The standard InChI is InChI=1S/C14H12.C6H6O3S/c1-3-7-13(8-4-1)11-12-14-9-5-2-6-10-14;7-10(8,9)6-4-2-1-3-5-6/h1-12H;1-5H,(H,7,8,9). The predicted molar refractivity (Wildman–Crippen MR) is 98.1 cm³/mol. The zero-order chi connectivity index (χ0) is 17.3. The molecule has 0 saturated heterocycles. The Balaban J connectivity index is 0.000000185. The van der Waals surface area contributed by atoms with E-state index in [0.717, 1.165) is 0 Å². The second-order valence-corrected chi connectivity index (χ2v) is 6.36. The van der Waals surface area contributed by atoms with E-state index in [0.29, 0.717) is 0 Å². The molecule has 0 saturated carbocycles. The summed E-state index contributed by atoms with van der Waals surface area (Å²) in [5.74, 6) is 0. The van der Waals surface area contributed by atoms with Gasteiger partial charge in [0.1, 0.15) is 0 Å². The SMILES string of the molecule is C(=Cc1ccccc1)c1ccccc1.O=S(=O)(O)c1ccccc1. The smallest absolute Gasteiger partial charge is 0.282 e. The Bertz CT molecular complexity index is 815. The van der Waals surface area contributed by atoms with Gasteiger partial charge < -0.3 is 0 Å². The molecule has 0 heterocycles. The van der Waals surface area contributed by atoms with Crippen LogP contribution < -0.4 is 0 Å². The molecule has 1 N–H and O–H groups in total. The normalized spacial score (nSPS) is 10.9. The minimum atomic E-state index is -4.00.